The van der Waals surface area contributed by atoms with Crippen LogP contribution in [0, 0.1) is 0 Å². The van der Waals surface area contributed by atoms with Crippen molar-refractivity contribution in [2.75, 3.05) is 0 Å². The molecule has 0 atom stereocenters. The smallest absolute Gasteiger partial charge is 0.252 e. The number of benzene rings is 1. The number of carbonyl (C=O) groups is 1. The molecule has 1 aromatic carbocycles. The topological polar surface area (TPSA) is 59.8 Å². The van der Waals surface area contributed by atoms with Gasteiger partial charge in [-0.3, -0.25) is 9.36 Å². The normalized spacial score (nSPS) is 10.8. The van der Waals surface area contributed by atoms with E-state index < -0.39 is 0 Å². The number of amides is 1. The summed E-state index contributed by atoms with van der Waals surface area (Å²) in [5.74, 6) is 0.693. The fourth-order valence-electron chi connectivity index (χ4n) is 2.58. The molecular formula is C18H14N4OS. The maximum absolute atomic E-state index is 12.1. The fraction of sp³-hybridized carbons (Fsp3) is 0.0556. The second-order valence-corrected chi connectivity index (χ2v) is 6.06. The number of nitrogens with zero attached hydrogens (tertiary/aromatic N) is 3. The highest BCUT2D eigenvalue weighted by atomic mass is 32.1. The number of imidazole rings is 1. The van der Waals surface area contributed by atoms with Crippen molar-refractivity contribution in [3.63, 3.8) is 0 Å². The van der Waals surface area contributed by atoms with Crippen molar-refractivity contribution < 1.29 is 4.79 Å². The van der Waals surface area contributed by atoms with Gasteiger partial charge in [0.1, 0.15) is 12.1 Å². The Bertz CT molecular complexity index is 991. The molecule has 1 amide bonds. The molecule has 0 unspecified atom stereocenters. The minimum atomic E-state index is -0.0819. The number of carbonyl (C=O) groups excluding carboxylic acids is 1. The number of hydrogen-bond donors (Lipinski definition) is 1. The zero-order valence-electron chi connectivity index (χ0n) is 12.7. The Morgan fingerprint density at radius 2 is 2.04 bits per heavy atom. The number of hydrogen-bond acceptors (Lipinski definition) is 4. The van der Waals surface area contributed by atoms with Gasteiger partial charge in [-0.1, -0.05) is 18.2 Å². The molecule has 1 N–H and O–H groups in total. The van der Waals surface area contributed by atoms with Gasteiger partial charge in [0, 0.05) is 29.2 Å². The molecule has 0 bridgehead atoms. The van der Waals surface area contributed by atoms with Crippen LogP contribution in [0.25, 0.3) is 16.9 Å². The Morgan fingerprint density at radius 1 is 1.12 bits per heavy atom. The Hall–Kier alpha value is -2.99. The van der Waals surface area contributed by atoms with Crippen molar-refractivity contribution >= 4 is 28.3 Å². The largest absolute Gasteiger partial charge is 0.348 e. The summed E-state index contributed by atoms with van der Waals surface area (Å²) in [6.45, 7) is 0.407. The van der Waals surface area contributed by atoms with Gasteiger partial charge >= 0.3 is 0 Å². The number of pyridine rings is 1. The highest BCUT2D eigenvalue weighted by Crippen LogP contribution is 2.19. The van der Waals surface area contributed by atoms with Gasteiger partial charge in [0.2, 0.25) is 0 Å². The molecular weight excluding hydrogens is 320 g/mol. The summed E-state index contributed by atoms with van der Waals surface area (Å²) in [6.07, 6.45) is 3.51. The molecule has 4 aromatic rings. The zero-order valence-corrected chi connectivity index (χ0v) is 13.5. The molecule has 0 fully saturated rings. The molecule has 5 nitrogen and oxygen atoms in total. The van der Waals surface area contributed by atoms with Crippen LogP contribution in [0.15, 0.2) is 65.7 Å². The lowest BCUT2D eigenvalue weighted by atomic mass is 10.2. The van der Waals surface area contributed by atoms with Crippen LogP contribution in [0.2, 0.25) is 0 Å². The van der Waals surface area contributed by atoms with Crippen LogP contribution in [0.5, 0.6) is 0 Å². The van der Waals surface area contributed by atoms with E-state index in [1.807, 2.05) is 57.8 Å². The summed E-state index contributed by atoms with van der Waals surface area (Å²) in [7, 11) is 0. The van der Waals surface area contributed by atoms with Gasteiger partial charge in [0.15, 0.2) is 0 Å². The number of nitrogens with one attached hydrogen (secondary N) is 1. The SMILES string of the molecule is O=C(NCc1cccnc1-n1cnc2ccccc21)c1ccsc1. The average Bonchev–Trinajstić information content (AvgIpc) is 3.30. The van der Waals surface area contributed by atoms with Gasteiger partial charge in [0.05, 0.1) is 11.0 Å². The van der Waals surface area contributed by atoms with Crippen LogP contribution in [0.4, 0.5) is 0 Å². The van der Waals surface area contributed by atoms with Gasteiger partial charge in [0.25, 0.3) is 5.91 Å². The zero-order chi connectivity index (χ0) is 16.4. The van der Waals surface area contributed by atoms with Crippen LogP contribution < -0.4 is 5.32 Å². The van der Waals surface area contributed by atoms with E-state index in [9.17, 15) is 4.79 Å². The lowest BCUT2D eigenvalue weighted by molar-refractivity contribution is 0.0951. The van der Waals surface area contributed by atoms with E-state index in [-0.39, 0.29) is 5.91 Å². The quantitative estimate of drug-likeness (QED) is 0.622. The maximum atomic E-state index is 12.1. The van der Waals surface area contributed by atoms with Crippen LogP contribution in [0.3, 0.4) is 0 Å². The van der Waals surface area contributed by atoms with E-state index in [1.165, 1.54) is 11.3 Å². The van der Waals surface area contributed by atoms with Gasteiger partial charge in [-0.15, -0.1) is 0 Å². The maximum Gasteiger partial charge on any atom is 0.252 e. The number of aromatic nitrogens is 3. The molecule has 3 heterocycles. The van der Waals surface area contributed by atoms with Gasteiger partial charge in [-0.05, 0) is 29.6 Å². The predicted molar refractivity (Wildman–Crippen MR) is 94.4 cm³/mol. The highest BCUT2D eigenvalue weighted by molar-refractivity contribution is 7.08. The number of rotatable bonds is 4. The van der Waals surface area contributed by atoms with Crippen LogP contribution in [-0.2, 0) is 6.54 Å². The average molecular weight is 334 g/mol. The minimum Gasteiger partial charge on any atom is -0.348 e. The van der Waals surface area contributed by atoms with E-state index in [0.29, 0.717) is 12.1 Å². The third-order valence-electron chi connectivity index (χ3n) is 3.77. The first kappa shape index (κ1) is 14.6. The first-order valence-corrected chi connectivity index (χ1v) is 8.44. The summed E-state index contributed by atoms with van der Waals surface area (Å²) in [6, 6.07) is 13.5. The first-order valence-electron chi connectivity index (χ1n) is 7.50. The van der Waals surface area contributed by atoms with E-state index >= 15 is 0 Å². The minimum absolute atomic E-state index is 0.0819. The monoisotopic (exact) mass is 334 g/mol. The molecule has 0 radical (unpaired) electrons. The van der Waals surface area contributed by atoms with E-state index in [2.05, 4.69) is 15.3 Å². The van der Waals surface area contributed by atoms with Crippen LogP contribution in [-0.4, -0.2) is 20.4 Å². The fourth-order valence-corrected chi connectivity index (χ4v) is 3.22. The van der Waals surface area contributed by atoms with Crippen molar-refractivity contribution in [2.45, 2.75) is 6.54 Å². The summed E-state index contributed by atoms with van der Waals surface area (Å²) in [5, 5.41) is 6.67. The molecule has 3 aromatic heterocycles. The Balaban J connectivity index is 1.65. The molecule has 118 valence electrons. The second-order valence-electron chi connectivity index (χ2n) is 5.28. The molecule has 0 aliphatic carbocycles. The van der Waals surface area contributed by atoms with E-state index in [4.69, 9.17) is 0 Å². The van der Waals surface area contributed by atoms with Crippen molar-refractivity contribution in [1.29, 1.82) is 0 Å². The summed E-state index contributed by atoms with van der Waals surface area (Å²) in [5.41, 5.74) is 3.51. The molecule has 24 heavy (non-hydrogen) atoms. The van der Waals surface area contributed by atoms with Crippen LogP contribution >= 0.6 is 11.3 Å². The van der Waals surface area contributed by atoms with Crippen molar-refractivity contribution in [1.82, 2.24) is 19.9 Å². The molecule has 0 saturated carbocycles. The van der Waals surface area contributed by atoms with Gasteiger partial charge in [-0.2, -0.15) is 11.3 Å². The summed E-state index contributed by atoms with van der Waals surface area (Å²) >= 11 is 1.51. The van der Waals surface area contributed by atoms with Crippen molar-refractivity contribution in [3.05, 3.63) is 76.9 Å². The number of fused-ring (bicyclic) bond motifs is 1. The molecule has 0 aliphatic rings. The Labute approximate surface area is 142 Å². The molecule has 0 saturated heterocycles. The summed E-state index contributed by atoms with van der Waals surface area (Å²) < 4.78 is 1.95. The lowest BCUT2D eigenvalue weighted by Gasteiger charge is -2.10. The molecule has 0 aliphatic heterocycles. The van der Waals surface area contributed by atoms with E-state index in [1.54, 1.807) is 12.5 Å². The Kier molecular flexibility index (Phi) is 3.80. The van der Waals surface area contributed by atoms with Gasteiger partial charge in [-0.25, -0.2) is 9.97 Å². The number of para-hydroxylation sites is 2. The third kappa shape index (κ3) is 2.68. The molecule has 0 spiro atoms. The predicted octanol–water partition coefficient (Wildman–Crippen LogP) is 3.41. The Morgan fingerprint density at radius 3 is 2.92 bits per heavy atom. The third-order valence-corrected chi connectivity index (χ3v) is 4.46. The second kappa shape index (κ2) is 6.25. The standard InChI is InChI=1S/C18H14N4OS/c23-18(14-7-9-24-11-14)20-10-13-4-3-8-19-17(13)22-12-21-15-5-1-2-6-16(15)22/h1-9,11-12H,10H2,(H,20,23). The highest BCUT2D eigenvalue weighted by Gasteiger charge is 2.11. The molecule has 6 heteroatoms. The summed E-state index contributed by atoms with van der Waals surface area (Å²) in [4.78, 5) is 21.0. The van der Waals surface area contributed by atoms with Crippen LogP contribution in [0.1, 0.15) is 15.9 Å². The van der Waals surface area contributed by atoms with Crippen molar-refractivity contribution in [2.24, 2.45) is 0 Å². The first-order chi connectivity index (χ1) is 11.8. The van der Waals surface area contributed by atoms with E-state index in [0.717, 1.165) is 22.4 Å². The lowest BCUT2D eigenvalue weighted by Crippen LogP contribution is -2.23. The van der Waals surface area contributed by atoms with Gasteiger partial charge < -0.3 is 5.32 Å². The van der Waals surface area contributed by atoms with Crippen molar-refractivity contribution in [3.8, 4) is 5.82 Å². The number of thiophene rings is 1. The molecule has 4 rings (SSSR count).